The first-order valence-corrected chi connectivity index (χ1v) is 8.78. The van der Waals surface area contributed by atoms with Gasteiger partial charge in [-0.2, -0.15) is 13.2 Å². The average Bonchev–Trinajstić information content (AvgIpc) is 2.82. The molecule has 0 amide bonds. The van der Waals surface area contributed by atoms with Crippen LogP contribution in [-0.4, -0.2) is 31.3 Å². The summed E-state index contributed by atoms with van der Waals surface area (Å²) >= 11 is 1.78. The topological polar surface area (TPSA) is 36.4 Å². The van der Waals surface area contributed by atoms with Crippen molar-refractivity contribution in [3.63, 3.8) is 0 Å². The van der Waals surface area contributed by atoms with E-state index >= 15 is 0 Å². The highest BCUT2D eigenvalue weighted by atomic mass is 32.1. The van der Waals surface area contributed by atoms with Crippen molar-refractivity contribution < 1.29 is 13.2 Å². The van der Waals surface area contributed by atoms with Crippen LogP contribution in [0.1, 0.15) is 42.9 Å². The highest BCUT2D eigenvalue weighted by Crippen LogP contribution is 2.22. The maximum atomic E-state index is 12.1. The summed E-state index contributed by atoms with van der Waals surface area (Å²) < 4.78 is 36.3. The highest BCUT2D eigenvalue weighted by Gasteiger charge is 2.25. The molecule has 132 valence electrons. The first-order valence-electron chi connectivity index (χ1n) is 7.97. The normalized spacial score (nSPS) is 13.9. The van der Waals surface area contributed by atoms with Crippen molar-refractivity contribution in [3.05, 3.63) is 21.9 Å². The number of nitrogens with zero attached hydrogens (tertiary/aromatic N) is 1. The van der Waals surface area contributed by atoms with E-state index in [0.29, 0.717) is 18.9 Å². The Hall–Kier alpha value is -1.24. The summed E-state index contributed by atoms with van der Waals surface area (Å²) in [7, 11) is 0. The molecule has 1 rings (SSSR count). The van der Waals surface area contributed by atoms with E-state index in [9.17, 15) is 13.2 Å². The van der Waals surface area contributed by atoms with Gasteiger partial charge in [0.05, 0.1) is 0 Å². The second-order valence-corrected chi connectivity index (χ2v) is 6.97. The zero-order chi connectivity index (χ0) is 17.3. The second-order valence-electron chi connectivity index (χ2n) is 5.59. The Morgan fingerprint density at radius 2 is 2.04 bits per heavy atom. The van der Waals surface area contributed by atoms with Gasteiger partial charge in [0.25, 0.3) is 0 Å². The molecule has 0 bridgehead atoms. The Morgan fingerprint density at radius 1 is 1.30 bits per heavy atom. The molecule has 0 saturated carbocycles. The number of guanidine groups is 1. The molecule has 0 aliphatic heterocycles. The zero-order valence-electron chi connectivity index (χ0n) is 14.0. The maximum absolute atomic E-state index is 12.1. The molecule has 2 N–H and O–H groups in total. The van der Waals surface area contributed by atoms with Crippen LogP contribution in [0.25, 0.3) is 0 Å². The molecule has 1 aromatic rings. The van der Waals surface area contributed by atoms with Crippen molar-refractivity contribution in [1.82, 2.24) is 10.6 Å². The second kappa shape index (κ2) is 9.80. The molecule has 0 spiro atoms. The van der Waals surface area contributed by atoms with E-state index < -0.39 is 12.6 Å². The van der Waals surface area contributed by atoms with Gasteiger partial charge in [0, 0.05) is 41.7 Å². The number of nitrogens with one attached hydrogen (secondary N) is 2. The summed E-state index contributed by atoms with van der Waals surface area (Å²) in [6.07, 6.45) is -3.34. The Kier molecular flexibility index (Phi) is 8.44. The Morgan fingerprint density at radius 3 is 2.61 bits per heavy atom. The van der Waals surface area contributed by atoms with Gasteiger partial charge in [-0.3, -0.25) is 4.99 Å². The van der Waals surface area contributed by atoms with Crippen molar-refractivity contribution in [2.24, 2.45) is 4.99 Å². The molecule has 3 nitrogen and oxygen atoms in total. The predicted molar refractivity (Wildman–Crippen MR) is 91.2 cm³/mol. The number of aliphatic imine (C=N–C) groups is 1. The number of hydrogen-bond acceptors (Lipinski definition) is 2. The summed E-state index contributed by atoms with van der Waals surface area (Å²) in [4.78, 5) is 6.95. The lowest BCUT2D eigenvalue weighted by atomic mass is 10.2. The molecular formula is C16H26F3N3S. The Balaban J connectivity index is 2.38. The van der Waals surface area contributed by atoms with E-state index in [4.69, 9.17) is 0 Å². The number of hydrogen-bond donors (Lipinski definition) is 2. The molecule has 1 heterocycles. The number of rotatable bonds is 8. The summed E-state index contributed by atoms with van der Waals surface area (Å²) in [5.74, 6) is 0.667. The fourth-order valence-corrected chi connectivity index (χ4v) is 3.15. The van der Waals surface area contributed by atoms with Gasteiger partial charge in [-0.05, 0) is 45.7 Å². The van der Waals surface area contributed by atoms with E-state index in [1.165, 1.54) is 9.75 Å². The highest BCUT2D eigenvalue weighted by molar-refractivity contribution is 7.11. The van der Waals surface area contributed by atoms with Crippen LogP contribution in [0.5, 0.6) is 0 Å². The van der Waals surface area contributed by atoms with Crippen molar-refractivity contribution in [3.8, 4) is 0 Å². The lowest BCUT2D eigenvalue weighted by Crippen LogP contribution is -2.43. The molecule has 7 heteroatoms. The van der Waals surface area contributed by atoms with Gasteiger partial charge in [-0.15, -0.1) is 11.3 Å². The maximum Gasteiger partial charge on any atom is 0.389 e. The van der Waals surface area contributed by atoms with Gasteiger partial charge in [-0.1, -0.05) is 0 Å². The minimum atomic E-state index is -4.07. The molecule has 1 unspecified atom stereocenters. The summed E-state index contributed by atoms with van der Waals surface area (Å²) in [6.45, 7) is 7.24. The number of thiophene rings is 1. The monoisotopic (exact) mass is 349 g/mol. The lowest BCUT2D eigenvalue weighted by molar-refractivity contribution is -0.135. The third-order valence-electron chi connectivity index (χ3n) is 3.17. The Bertz CT molecular complexity index is 483. The largest absolute Gasteiger partial charge is 0.389 e. The zero-order valence-corrected chi connectivity index (χ0v) is 14.8. The molecule has 0 fully saturated rings. The van der Waals surface area contributed by atoms with Crippen LogP contribution >= 0.6 is 11.3 Å². The minimum absolute atomic E-state index is 0.121. The summed E-state index contributed by atoms with van der Waals surface area (Å²) in [5, 5.41) is 6.44. The van der Waals surface area contributed by atoms with E-state index in [-0.39, 0.29) is 12.5 Å². The van der Waals surface area contributed by atoms with E-state index in [1.54, 1.807) is 11.3 Å². The van der Waals surface area contributed by atoms with Crippen LogP contribution in [0.2, 0.25) is 0 Å². The minimum Gasteiger partial charge on any atom is -0.357 e. The van der Waals surface area contributed by atoms with Gasteiger partial charge < -0.3 is 10.6 Å². The van der Waals surface area contributed by atoms with Crippen molar-refractivity contribution in [1.29, 1.82) is 0 Å². The van der Waals surface area contributed by atoms with Gasteiger partial charge in [0.15, 0.2) is 5.96 Å². The fourth-order valence-electron chi connectivity index (χ4n) is 2.13. The van der Waals surface area contributed by atoms with E-state index in [1.807, 2.05) is 6.92 Å². The molecule has 0 aliphatic carbocycles. The first-order chi connectivity index (χ1) is 10.8. The van der Waals surface area contributed by atoms with Gasteiger partial charge in [-0.25, -0.2) is 0 Å². The number of alkyl halides is 3. The first kappa shape index (κ1) is 19.8. The molecule has 0 aliphatic rings. The fraction of sp³-hybridized carbons (Fsp3) is 0.688. The van der Waals surface area contributed by atoms with E-state index in [0.717, 1.165) is 13.0 Å². The third kappa shape index (κ3) is 9.48. The Labute approximate surface area is 140 Å². The van der Waals surface area contributed by atoms with Gasteiger partial charge in [0.2, 0.25) is 0 Å². The van der Waals surface area contributed by atoms with Crippen LogP contribution in [0, 0.1) is 6.92 Å². The lowest BCUT2D eigenvalue weighted by Gasteiger charge is -2.17. The summed E-state index contributed by atoms with van der Waals surface area (Å²) in [6, 6.07) is 4.44. The van der Waals surface area contributed by atoms with Gasteiger partial charge >= 0.3 is 6.18 Å². The average molecular weight is 349 g/mol. The van der Waals surface area contributed by atoms with Crippen molar-refractivity contribution in [2.75, 3.05) is 13.1 Å². The number of halogens is 3. The van der Waals surface area contributed by atoms with Crippen LogP contribution < -0.4 is 10.6 Å². The quantitative estimate of drug-likeness (QED) is 0.418. The van der Waals surface area contributed by atoms with Crippen LogP contribution in [0.15, 0.2) is 17.1 Å². The molecular weight excluding hydrogens is 323 g/mol. The van der Waals surface area contributed by atoms with Crippen LogP contribution in [-0.2, 0) is 6.42 Å². The molecule has 1 aromatic heterocycles. The molecule has 0 saturated heterocycles. The molecule has 23 heavy (non-hydrogen) atoms. The van der Waals surface area contributed by atoms with Gasteiger partial charge in [0.1, 0.15) is 0 Å². The smallest absolute Gasteiger partial charge is 0.357 e. The number of aryl methyl sites for hydroxylation is 1. The van der Waals surface area contributed by atoms with Crippen LogP contribution in [0.4, 0.5) is 13.2 Å². The standard InChI is InChI=1S/C16H26F3N3S/c1-4-20-15(21-10-6-5-9-16(17,18)19)22-12(2)11-14-8-7-13(3)23-14/h7-8,12H,4-6,9-11H2,1-3H3,(H2,20,21,22). The molecule has 0 radical (unpaired) electrons. The SMILES string of the molecule is CCNC(=NCCCCC(F)(F)F)NC(C)Cc1ccc(C)s1. The molecule has 0 aromatic carbocycles. The van der Waals surface area contributed by atoms with Crippen LogP contribution in [0.3, 0.4) is 0 Å². The van der Waals surface area contributed by atoms with E-state index in [2.05, 4.69) is 41.6 Å². The van der Waals surface area contributed by atoms with Crippen molar-refractivity contribution >= 4 is 17.3 Å². The van der Waals surface area contributed by atoms with Crippen molar-refractivity contribution in [2.45, 2.75) is 58.7 Å². The molecule has 1 atom stereocenters. The third-order valence-corrected chi connectivity index (χ3v) is 4.19. The predicted octanol–water partition coefficient (Wildman–Crippen LogP) is 4.28. The number of unbranched alkanes of at least 4 members (excludes halogenated alkanes) is 1. The summed E-state index contributed by atoms with van der Waals surface area (Å²) in [5.41, 5.74) is 0.